The highest BCUT2D eigenvalue weighted by atomic mass is 16.5. The molecule has 2 saturated heterocycles. The third-order valence-electron chi connectivity index (χ3n) is 5.19. The summed E-state index contributed by atoms with van der Waals surface area (Å²) in [6.07, 6.45) is 10.7. The van der Waals surface area contributed by atoms with Gasteiger partial charge in [-0.1, -0.05) is 6.07 Å². The summed E-state index contributed by atoms with van der Waals surface area (Å²) in [6, 6.07) is 6.02. The van der Waals surface area contributed by atoms with E-state index in [0.717, 1.165) is 64.5 Å². The van der Waals surface area contributed by atoms with Crippen LogP contribution in [0.15, 0.2) is 43.0 Å². The molecule has 0 aliphatic carbocycles. The minimum absolute atomic E-state index is 0.0377. The first-order valence-corrected chi connectivity index (χ1v) is 9.10. The molecule has 0 saturated carbocycles. The van der Waals surface area contributed by atoms with Gasteiger partial charge in [0.2, 0.25) is 5.95 Å². The first kappa shape index (κ1) is 16.4. The fourth-order valence-electron chi connectivity index (χ4n) is 3.93. The number of rotatable bonds is 3. The summed E-state index contributed by atoms with van der Waals surface area (Å²) in [4.78, 5) is 17.8. The first-order valence-electron chi connectivity index (χ1n) is 9.10. The van der Waals surface area contributed by atoms with Crippen molar-refractivity contribution in [1.29, 1.82) is 0 Å². The predicted molar refractivity (Wildman–Crippen MR) is 96.3 cm³/mol. The van der Waals surface area contributed by atoms with Crippen LogP contribution in [0.25, 0.3) is 0 Å². The van der Waals surface area contributed by atoms with E-state index >= 15 is 0 Å². The molecule has 0 bridgehead atoms. The number of aromatic nitrogens is 3. The Kier molecular flexibility index (Phi) is 4.90. The Morgan fingerprint density at radius 3 is 2.80 bits per heavy atom. The predicted octanol–water partition coefficient (Wildman–Crippen LogP) is 2.13. The third-order valence-corrected chi connectivity index (χ3v) is 5.19. The molecule has 0 radical (unpaired) electrons. The van der Waals surface area contributed by atoms with Crippen LogP contribution in [0.1, 0.15) is 24.8 Å². The fourth-order valence-corrected chi connectivity index (χ4v) is 3.93. The molecule has 4 rings (SSSR count). The zero-order valence-electron chi connectivity index (χ0n) is 14.5. The van der Waals surface area contributed by atoms with Crippen molar-refractivity contribution < 1.29 is 4.74 Å². The van der Waals surface area contributed by atoms with Gasteiger partial charge in [0.1, 0.15) is 0 Å². The Bertz CT molecular complexity index is 668. The average molecular weight is 339 g/mol. The average Bonchev–Trinajstić information content (AvgIpc) is 2.86. The van der Waals surface area contributed by atoms with Gasteiger partial charge in [-0.2, -0.15) is 0 Å². The van der Waals surface area contributed by atoms with E-state index in [4.69, 9.17) is 4.74 Å². The van der Waals surface area contributed by atoms with Gasteiger partial charge in [0.05, 0.1) is 12.2 Å². The lowest BCUT2D eigenvalue weighted by Crippen LogP contribution is -2.51. The van der Waals surface area contributed by atoms with Crippen LogP contribution >= 0.6 is 0 Å². The SMILES string of the molecule is c1cnc(N2CCC[C@]3(CC2)CN(Cc2cccnc2)CCO3)nc1. The topological polar surface area (TPSA) is 54.4 Å². The quantitative estimate of drug-likeness (QED) is 0.854. The Morgan fingerprint density at radius 1 is 1.04 bits per heavy atom. The summed E-state index contributed by atoms with van der Waals surface area (Å²) in [5, 5.41) is 0. The van der Waals surface area contributed by atoms with E-state index < -0.39 is 0 Å². The zero-order chi connectivity index (χ0) is 17.0. The van der Waals surface area contributed by atoms with Crippen molar-refractivity contribution in [1.82, 2.24) is 19.9 Å². The summed E-state index contributed by atoms with van der Waals surface area (Å²) in [6.45, 7) is 5.68. The van der Waals surface area contributed by atoms with Gasteiger partial charge >= 0.3 is 0 Å². The highest BCUT2D eigenvalue weighted by molar-refractivity contribution is 5.28. The standard InChI is InChI=1S/C19H25N5O/c1-4-17(14-20-7-1)15-23-12-13-25-19(16-23)5-2-10-24(11-6-19)18-21-8-3-9-22-18/h1,3-4,7-9,14H,2,5-6,10-13,15-16H2/t19-/m0/s1. The maximum atomic E-state index is 6.31. The van der Waals surface area contributed by atoms with Crippen molar-refractivity contribution in [2.24, 2.45) is 0 Å². The van der Waals surface area contributed by atoms with E-state index in [1.807, 2.05) is 36.9 Å². The molecule has 1 atom stereocenters. The van der Waals surface area contributed by atoms with Gasteiger partial charge in [-0.15, -0.1) is 0 Å². The number of hydrogen-bond acceptors (Lipinski definition) is 6. The third kappa shape index (κ3) is 3.96. The van der Waals surface area contributed by atoms with Gasteiger partial charge in [-0.25, -0.2) is 9.97 Å². The van der Waals surface area contributed by atoms with Crippen molar-refractivity contribution in [3.8, 4) is 0 Å². The molecule has 0 N–H and O–H groups in total. The lowest BCUT2D eigenvalue weighted by molar-refractivity contribution is -0.117. The number of pyridine rings is 1. The maximum absolute atomic E-state index is 6.31. The van der Waals surface area contributed by atoms with Crippen LogP contribution in [0.4, 0.5) is 5.95 Å². The second-order valence-corrected chi connectivity index (χ2v) is 6.99. The van der Waals surface area contributed by atoms with Crippen molar-refractivity contribution >= 4 is 5.95 Å². The molecule has 0 amide bonds. The zero-order valence-corrected chi connectivity index (χ0v) is 14.5. The van der Waals surface area contributed by atoms with Crippen LogP contribution in [-0.2, 0) is 11.3 Å². The lowest BCUT2D eigenvalue weighted by atomic mass is 9.92. The Hall–Kier alpha value is -2.05. The fraction of sp³-hybridized carbons (Fsp3) is 0.526. The molecule has 132 valence electrons. The highest BCUT2D eigenvalue weighted by Gasteiger charge is 2.38. The van der Waals surface area contributed by atoms with Crippen molar-refractivity contribution in [3.63, 3.8) is 0 Å². The maximum Gasteiger partial charge on any atom is 0.225 e. The van der Waals surface area contributed by atoms with Gasteiger partial charge in [0, 0.05) is 57.5 Å². The number of anilines is 1. The van der Waals surface area contributed by atoms with Crippen LogP contribution < -0.4 is 4.90 Å². The Labute approximate surface area is 148 Å². The Morgan fingerprint density at radius 2 is 1.96 bits per heavy atom. The number of ether oxygens (including phenoxy) is 1. The summed E-state index contributed by atoms with van der Waals surface area (Å²) < 4.78 is 6.31. The monoisotopic (exact) mass is 339 g/mol. The molecule has 2 aliphatic heterocycles. The molecule has 2 aromatic rings. The lowest BCUT2D eigenvalue weighted by Gasteiger charge is -2.42. The highest BCUT2D eigenvalue weighted by Crippen LogP contribution is 2.31. The van der Waals surface area contributed by atoms with E-state index in [1.165, 1.54) is 5.56 Å². The molecule has 0 aromatic carbocycles. The molecule has 2 fully saturated rings. The number of hydrogen-bond donors (Lipinski definition) is 0. The molecule has 2 aliphatic rings. The van der Waals surface area contributed by atoms with Gasteiger partial charge in [0.15, 0.2) is 0 Å². The van der Waals surface area contributed by atoms with Gasteiger partial charge in [-0.3, -0.25) is 9.88 Å². The van der Waals surface area contributed by atoms with Crippen LogP contribution in [0.5, 0.6) is 0 Å². The second kappa shape index (κ2) is 7.45. The van der Waals surface area contributed by atoms with Crippen LogP contribution in [0.3, 0.4) is 0 Å². The molecular weight excluding hydrogens is 314 g/mol. The molecule has 0 unspecified atom stereocenters. The van der Waals surface area contributed by atoms with E-state index in [1.54, 1.807) is 0 Å². The Balaban J connectivity index is 1.41. The second-order valence-electron chi connectivity index (χ2n) is 6.99. The first-order chi connectivity index (χ1) is 12.3. The molecule has 4 heterocycles. The number of morpholine rings is 1. The van der Waals surface area contributed by atoms with Crippen LogP contribution in [0.2, 0.25) is 0 Å². The largest absolute Gasteiger partial charge is 0.372 e. The van der Waals surface area contributed by atoms with Crippen molar-refractivity contribution in [2.75, 3.05) is 37.7 Å². The summed E-state index contributed by atoms with van der Waals surface area (Å²) in [5.74, 6) is 0.836. The summed E-state index contributed by atoms with van der Waals surface area (Å²) >= 11 is 0. The minimum atomic E-state index is -0.0377. The van der Waals surface area contributed by atoms with Crippen LogP contribution in [0, 0.1) is 0 Å². The molecule has 6 heteroatoms. The molecule has 25 heavy (non-hydrogen) atoms. The van der Waals surface area contributed by atoms with Gasteiger partial charge < -0.3 is 9.64 Å². The molecule has 6 nitrogen and oxygen atoms in total. The van der Waals surface area contributed by atoms with E-state index in [-0.39, 0.29) is 5.60 Å². The van der Waals surface area contributed by atoms with E-state index in [9.17, 15) is 0 Å². The smallest absolute Gasteiger partial charge is 0.225 e. The normalized spacial score (nSPS) is 25.0. The van der Waals surface area contributed by atoms with E-state index in [0.29, 0.717) is 0 Å². The summed E-state index contributed by atoms with van der Waals surface area (Å²) in [7, 11) is 0. The molecular formula is C19H25N5O. The summed E-state index contributed by atoms with van der Waals surface area (Å²) in [5.41, 5.74) is 1.23. The van der Waals surface area contributed by atoms with Gasteiger partial charge in [0.25, 0.3) is 0 Å². The number of nitrogens with zero attached hydrogens (tertiary/aromatic N) is 5. The molecule has 2 aromatic heterocycles. The van der Waals surface area contributed by atoms with Gasteiger partial charge in [-0.05, 0) is 37.0 Å². The minimum Gasteiger partial charge on any atom is -0.372 e. The van der Waals surface area contributed by atoms with Crippen molar-refractivity contribution in [3.05, 3.63) is 48.5 Å². The van der Waals surface area contributed by atoms with E-state index in [2.05, 4.69) is 30.8 Å². The molecule has 1 spiro atoms. The van der Waals surface area contributed by atoms with Crippen LogP contribution in [-0.4, -0.2) is 58.2 Å². The van der Waals surface area contributed by atoms with Crippen molar-refractivity contribution in [2.45, 2.75) is 31.4 Å².